The van der Waals surface area contributed by atoms with E-state index in [-0.39, 0.29) is 10.7 Å². The molecule has 34 heavy (non-hydrogen) atoms. The van der Waals surface area contributed by atoms with Gasteiger partial charge in [-0.25, -0.2) is 9.69 Å². The molecule has 172 valence electrons. The normalized spacial score (nSPS) is 13.5. The van der Waals surface area contributed by atoms with Crippen molar-refractivity contribution in [2.24, 2.45) is 0 Å². The fourth-order valence-electron chi connectivity index (χ4n) is 3.47. The van der Waals surface area contributed by atoms with Crippen molar-refractivity contribution >= 4 is 52.4 Å². The number of carbonyl (C=O) groups is 3. The van der Waals surface area contributed by atoms with E-state index >= 15 is 0 Å². The summed E-state index contributed by atoms with van der Waals surface area (Å²) < 4.78 is 5.48. The monoisotopic (exact) mass is 494 g/mol. The Balaban J connectivity index is 1.49. The second kappa shape index (κ2) is 9.33. The smallest absolute Gasteiger partial charge is 0.343 e. The van der Waals surface area contributed by atoms with Gasteiger partial charge >= 0.3 is 5.97 Å². The van der Waals surface area contributed by atoms with E-state index in [9.17, 15) is 14.4 Å². The third kappa shape index (κ3) is 4.55. The lowest BCUT2D eigenvalue weighted by molar-refractivity contribution is -0.120. The molecule has 4 rings (SSSR count). The van der Waals surface area contributed by atoms with Gasteiger partial charge in [-0.05, 0) is 74.4 Å². The number of halogens is 2. The molecule has 0 aromatic heterocycles. The highest BCUT2D eigenvalue weighted by atomic mass is 35.5. The minimum atomic E-state index is -0.650. The number of imide groups is 1. The molecule has 0 fully saturated rings. The summed E-state index contributed by atoms with van der Waals surface area (Å²) in [5, 5.41) is 3.07. The van der Waals surface area contributed by atoms with Gasteiger partial charge in [-0.15, -0.1) is 0 Å². The average molecular weight is 495 g/mol. The van der Waals surface area contributed by atoms with E-state index in [1.54, 1.807) is 42.5 Å². The van der Waals surface area contributed by atoms with Crippen molar-refractivity contribution in [1.29, 1.82) is 0 Å². The Bertz CT molecular complexity index is 1360. The van der Waals surface area contributed by atoms with Crippen LogP contribution in [0.5, 0.6) is 5.75 Å². The van der Waals surface area contributed by atoms with Gasteiger partial charge in [0.05, 0.1) is 11.3 Å². The molecule has 0 spiro atoms. The van der Waals surface area contributed by atoms with Crippen molar-refractivity contribution in [3.05, 3.63) is 98.7 Å². The predicted octanol–water partition coefficient (Wildman–Crippen LogP) is 5.92. The van der Waals surface area contributed by atoms with Crippen LogP contribution in [0.4, 0.5) is 11.4 Å². The van der Waals surface area contributed by atoms with E-state index in [0.717, 1.165) is 21.6 Å². The lowest BCUT2D eigenvalue weighted by Crippen LogP contribution is -2.32. The maximum Gasteiger partial charge on any atom is 0.343 e. The molecule has 1 heterocycles. The summed E-state index contributed by atoms with van der Waals surface area (Å²) in [5.74, 6) is -1.28. The lowest BCUT2D eigenvalue weighted by Gasteiger charge is -2.16. The molecule has 0 saturated heterocycles. The molecule has 1 aliphatic rings. The van der Waals surface area contributed by atoms with Crippen molar-refractivity contribution < 1.29 is 19.1 Å². The van der Waals surface area contributed by atoms with E-state index in [1.165, 1.54) is 6.07 Å². The summed E-state index contributed by atoms with van der Waals surface area (Å²) in [4.78, 5) is 39.1. The van der Waals surface area contributed by atoms with Crippen LogP contribution < -0.4 is 15.0 Å². The molecule has 6 nitrogen and oxygen atoms in total. The highest BCUT2D eigenvalue weighted by molar-refractivity contribution is 6.53. The van der Waals surface area contributed by atoms with Gasteiger partial charge in [-0.3, -0.25) is 9.59 Å². The SMILES string of the molecule is Cc1ccc(OC(=O)c2ccc(NC3=C(Cl)C(=O)N(c4ccc(C)c(Cl)c4)C3=O)cc2)c(C)c1. The van der Waals surface area contributed by atoms with E-state index in [2.05, 4.69) is 5.32 Å². The Morgan fingerprint density at radius 3 is 2.21 bits per heavy atom. The van der Waals surface area contributed by atoms with Crippen LogP contribution in [0.3, 0.4) is 0 Å². The molecular formula is C26H20Cl2N2O4. The second-order valence-electron chi connectivity index (χ2n) is 7.93. The molecule has 0 aliphatic carbocycles. The predicted molar refractivity (Wildman–Crippen MR) is 133 cm³/mol. The quantitative estimate of drug-likeness (QED) is 0.270. The largest absolute Gasteiger partial charge is 0.423 e. The van der Waals surface area contributed by atoms with Crippen molar-refractivity contribution in [3.8, 4) is 5.75 Å². The number of nitrogens with zero attached hydrogens (tertiary/aromatic N) is 1. The molecule has 0 atom stereocenters. The first kappa shape index (κ1) is 23.5. The highest BCUT2D eigenvalue weighted by Gasteiger charge is 2.39. The van der Waals surface area contributed by atoms with Gasteiger partial charge in [0.2, 0.25) is 0 Å². The minimum Gasteiger partial charge on any atom is -0.423 e. The van der Waals surface area contributed by atoms with Crippen LogP contribution >= 0.6 is 23.2 Å². The van der Waals surface area contributed by atoms with Gasteiger partial charge in [0.15, 0.2) is 0 Å². The number of hydrogen-bond acceptors (Lipinski definition) is 5. The summed E-state index contributed by atoms with van der Waals surface area (Å²) in [6, 6.07) is 16.7. The van der Waals surface area contributed by atoms with E-state index in [0.29, 0.717) is 27.7 Å². The number of anilines is 2. The van der Waals surface area contributed by atoms with Gasteiger partial charge < -0.3 is 10.1 Å². The Morgan fingerprint density at radius 2 is 1.56 bits per heavy atom. The van der Waals surface area contributed by atoms with Crippen molar-refractivity contribution in [2.75, 3.05) is 10.2 Å². The number of ether oxygens (including phenoxy) is 1. The Hall–Kier alpha value is -3.61. The zero-order valence-corrected chi connectivity index (χ0v) is 20.1. The van der Waals surface area contributed by atoms with Gasteiger partial charge in [-0.1, -0.05) is 47.0 Å². The van der Waals surface area contributed by atoms with Crippen molar-refractivity contribution in [1.82, 2.24) is 0 Å². The van der Waals surface area contributed by atoms with E-state index in [4.69, 9.17) is 27.9 Å². The number of esters is 1. The molecule has 2 amide bonds. The molecule has 1 N–H and O–H groups in total. The molecule has 0 unspecified atom stereocenters. The maximum absolute atomic E-state index is 12.9. The number of carbonyl (C=O) groups excluding carboxylic acids is 3. The number of nitrogens with one attached hydrogen (secondary N) is 1. The zero-order chi connectivity index (χ0) is 24.6. The van der Waals surface area contributed by atoms with Crippen LogP contribution in [0.15, 0.2) is 71.4 Å². The van der Waals surface area contributed by atoms with Crippen LogP contribution in [0.25, 0.3) is 0 Å². The zero-order valence-electron chi connectivity index (χ0n) is 18.6. The summed E-state index contributed by atoms with van der Waals surface area (Å²) >= 11 is 12.3. The lowest BCUT2D eigenvalue weighted by atomic mass is 10.1. The second-order valence-corrected chi connectivity index (χ2v) is 8.71. The van der Waals surface area contributed by atoms with Gasteiger partial charge in [0, 0.05) is 10.7 Å². The third-order valence-electron chi connectivity index (χ3n) is 5.36. The summed E-state index contributed by atoms with van der Waals surface area (Å²) in [6.07, 6.45) is 0. The van der Waals surface area contributed by atoms with Gasteiger partial charge in [-0.2, -0.15) is 0 Å². The molecule has 3 aromatic carbocycles. The van der Waals surface area contributed by atoms with Crippen LogP contribution in [-0.2, 0) is 9.59 Å². The first-order valence-electron chi connectivity index (χ1n) is 10.4. The molecular weight excluding hydrogens is 475 g/mol. The fraction of sp³-hybridized carbons (Fsp3) is 0.115. The first-order chi connectivity index (χ1) is 16.2. The van der Waals surface area contributed by atoms with Gasteiger partial charge in [0.1, 0.15) is 16.5 Å². The Labute approximate surface area is 206 Å². The van der Waals surface area contributed by atoms with Crippen LogP contribution in [-0.4, -0.2) is 17.8 Å². The van der Waals surface area contributed by atoms with E-state index in [1.807, 2.05) is 32.9 Å². The minimum absolute atomic E-state index is 0.0611. The Kier molecular flexibility index (Phi) is 6.46. The van der Waals surface area contributed by atoms with E-state index < -0.39 is 17.8 Å². The Morgan fingerprint density at radius 1 is 0.853 bits per heavy atom. The number of aryl methyl sites for hydroxylation is 3. The molecule has 0 bridgehead atoms. The molecule has 0 radical (unpaired) electrons. The molecule has 8 heteroatoms. The standard InChI is InChI=1S/C26H20Cl2N2O4/c1-14-4-11-21(16(3)12-14)34-26(33)17-6-8-18(9-7-17)29-23-22(28)24(31)30(25(23)32)19-10-5-15(2)20(27)13-19/h4-13,29H,1-3H3. The van der Waals surface area contributed by atoms with Crippen LogP contribution in [0, 0.1) is 20.8 Å². The topological polar surface area (TPSA) is 75.7 Å². The first-order valence-corrected chi connectivity index (χ1v) is 11.1. The highest BCUT2D eigenvalue weighted by Crippen LogP contribution is 2.32. The van der Waals surface area contributed by atoms with Gasteiger partial charge in [0.25, 0.3) is 11.8 Å². The molecule has 3 aromatic rings. The van der Waals surface area contributed by atoms with Crippen LogP contribution in [0.2, 0.25) is 5.02 Å². The maximum atomic E-state index is 12.9. The number of rotatable bonds is 5. The van der Waals surface area contributed by atoms with Crippen molar-refractivity contribution in [2.45, 2.75) is 20.8 Å². The summed E-state index contributed by atoms with van der Waals surface area (Å²) in [6.45, 7) is 5.65. The summed E-state index contributed by atoms with van der Waals surface area (Å²) in [5.41, 5.74) is 3.82. The number of hydrogen-bond donors (Lipinski definition) is 1. The average Bonchev–Trinajstić information content (AvgIpc) is 3.01. The molecule has 0 saturated carbocycles. The van der Waals surface area contributed by atoms with Crippen molar-refractivity contribution in [3.63, 3.8) is 0 Å². The van der Waals surface area contributed by atoms with Crippen LogP contribution in [0.1, 0.15) is 27.0 Å². The number of amides is 2. The molecule has 1 aliphatic heterocycles. The number of benzene rings is 3. The third-order valence-corrected chi connectivity index (χ3v) is 6.12. The fourth-order valence-corrected chi connectivity index (χ4v) is 3.86. The summed E-state index contributed by atoms with van der Waals surface area (Å²) in [7, 11) is 0.